The van der Waals surface area contributed by atoms with Crippen LogP contribution in [0.25, 0.3) is 6.08 Å². The highest BCUT2D eigenvalue weighted by Gasteiger charge is 2.33. The number of nitrogens with zero attached hydrogens (tertiary/aromatic N) is 2. The van der Waals surface area contributed by atoms with Crippen molar-refractivity contribution in [2.24, 2.45) is 4.99 Å². The quantitative estimate of drug-likeness (QED) is 0.173. The summed E-state index contributed by atoms with van der Waals surface area (Å²) in [6.45, 7) is 6.43. The summed E-state index contributed by atoms with van der Waals surface area (Å²) in [7, 11) is 0. The van der Waals surface area contributed by atoms with Crippen LogP contribution >= 0.6 is 54.8 Å². The van der Waals surface area contributed by atoms with Crippen LogP contribution in [0.5, 0.6) is 11.5 Å². The van der Waals surface area contributed by atoms with E-state index < -0.39 is 12.0 Å². The SMILES string of the molecule is CCOC(=O)C1=C(C)N=c2s/c(=C\c3cc(Br)cc(Br)c3OCc3cccc(Cl)c3)c(=O)n2[C@H]1c1ccc(OCC)cc1. The summed E-state index contributed by atoms with van der Waals surface area (Å²) in [5, 5.41) is 0.622. The van der Waals surface area contributed by atoms with E-state index in [0.717, 1.165) is 20.1 Å². The molecule has 7 nitrogen and oxygen atoms in total. The molecule has 3 aromatic carbocycles. The molecule has 222 valence electrons. The largest absolute Gasteiger partial charge is 0.494 e. The Balaban J connectivity index is 1.63. The Morgan fingerprint density at radius 2 is 1.84 bits per heavy atom. The molecule has 0 fully saturated rings. The van der Waals surface area contributed by atoms with Crippen molar-refractivity contribution >= 4 is 66.8 Å². The molecule has 1 aromatic heterocycles. The van der Waals surface area contributed by atoms with Crippen molar-refractivity contribution in [3.8, 4) is 11.5 Å². The fraction of sp³-hybridized carbons (Fsp3) is 0.219. The van der Waals surface area contributed by atoms with Gasteiger partial charge in [0.05, 0.1) is 39.5 Å². The lowest BCUT2D eigenvalue weighted by molar-refractivity contribution is -0.139. The number of allylic oxidation sites excluding steroid dienone is 1. The number of carbonyl (C=O) groups excluding carboxylic acids is 1. The Kier molecular flexibility index (Phi) is 9.91. The first kappa shape index (κ1) is 31.3. The first-order valence-corrected chi connectivity index (χ1v) is 16.3. The number of hydrogen-bond acceptors (Lipinski definition) is 7. The Hall–Kier alpha value is -3.18. The van der Waals surface area contributed by atoms with Gasteiger partial charge in [-0.2, -0.15) is 0 Å². The summed E-state index contributed by atoms with van der Waals surface area (Å²) < 4.78 is 20.8. The zero-order valence-electron chi connectivity index (χ0n) is 23.5. The molecular formula is C32H27Br2ClN2O5S. The number of halogens is 3. The van der Waals surface area contributed by atoms with Crippen LogP contribution in [0, 0.1) is 0 Å². The van der Waals surface area contributed by atoms with Crippen LogP contribution in [-0.2, 0) is 16.1 Å². The molecular weight excluding hydrogens is 720 g/mol. The minimum atomic E-state index is -0.721. The minimum absolute atomic E-state index is 0.200. The smallest absolute Gasteiger partial charge is 0.338 e. The van der Waals surface area contributed by atoms with E-state index in [1.165, 1.54) is 11.3 Å². The molecule has 43 heavy (non-hydrogen) atoms. The highest BCUT2D eigenvalue weighted by Crippen LogP contribution is 2.35. The van der Waals surface area contributed by atoms with Crippen LogP contribution in [-0.4, -0.2) is 23.8 Å². The predicted octanol–water partition coefficient (Wildman–Crippen LogP) is 6.95. The maximum Gasteiger partial charge on any atom is 0.338 e. The third-order valence-corrected chi connectivity index (χ3v) is 8.88. The van der Waals surface area contributed by atoms with Crippen molar-refractivity contribution in [3.63, 3.8) is 0 Å². The molecule has 0 bridgehead atoms. The van der Waals surface area contributed by atoms with Gasteiger partial charge in [-0.05, 0) is 90.3 Å². The molecule has 11 heteroatoms. The summed E-state index contributed by atoms with van der Waals surface area (Å²) in [5.41, 5.74) is 2.87. The van der Waals surface area contributed by atoms with E-state index in [4.69, 9.17) is 25.8 Å². The molecule has 2 heterocycles. The molecule has 1 aliphatic rings. The summed E-state index contributed by atoms with van der Waals surface area (Å²) in [5.74, 6) is 0.757. The summed E-state index contributed by atoms with van der Waals surface area (Å²) >= 11 is 14.6. The fourth-order valence-corrected chi connectivity index (χ4v) is 7.41. The molecule has 0 N–H and O–H groups in total. The molecule has 0 saturated heterocycles. The molecule has 1 atom stereocenters. The normalized spacial score (nSPS) is 14.7. The van der Waals surface area contributed by atoms with Gasteiger partial charge in [0.25, 0.3) is 5.56 Å². The Morgan fingerprint density at radius 1 is 1.07 bits per heavy atom. The van der Waals surface area contributed by atoms with Crippen molar-refractivity contribution in [1.29, 1.82) is 0 Å². The monoisotopic (exact) mass is 744 g/mol. The molecule has 1 aliphatic heterocycles. The van der Waals surface area contributed by atoms with Crippen LogP contribution in [0.4, 0.5) is 0 Å². The molecule has 0 aliphatic carbocycles. The number of benzene rings is 3. The fourth-order valence-electron chi connectivity index (χ4n) is 4.78. The topological polar surface area (TPSA) is 79.1 Å². The van der Waals surface area contributed by atoms with E-state index in [1.807, 2.05) is 61.5 Å². The maximum atomic E-state index is 14.1. The van der Waals surface area contributed by atoms with E-state index in [2.05, 4.69) is 36.9 Å². The van der Waals surface area contributed by atoms with Gasteiger partial charge in [-0.15, -0.1) is 0 Å². The Morgan fingerprint density at radius 3 is 2.53 bits per heavy atom. The third kappa shape index (κ3) is 6.82. The minimum Gasteiger partial charge on any atom is -0.494 e. The number of rotatable bonds is 9. The first-order valence-electron chi connectivity index (χ1n) is 13.5. The Labute approximate surface area is 274 Å². The molecule has 0 saturated carbocycles. The van der Waals surface area contributed by atoms with Crippen LogP contribution in [0.1, 0.15) is 43.5 Å². The Bertz CT molecular complexity index is 1900. The predicted molar refractivity (Wildman–Crippen MR) is 176 cm³/mol. The van der Waals surface area contributed by atoms with Crippen LogP contribution in [0.15, 0.2) is 90.7 Å². The summed E-state index contributed by atoms with van der Waals surface area (Å²) in [4.78, 5) is 32.4. The van der Waals surface area contributed by atoms with Crippen molar-refractivity contribution in [1.82, 2.24) is 4.57 Å². The number of fused-ring (bicyclic) bond motifs is 1. The lowest BCUT2D eigenvalue weighted by Crippen LogP contribution is -2.39. The highest BCUT2D eigenvalue weighted by atomic mass is 79.9. The lowest BCUT2D eigenvalue weighted by Gasteiger charge is -2.24. The molecule has 5 rings (SSSR count). The molecule has 0 radical (unpaired) electrons. The zero-order valence-corrected chi connectivity index (χ0v) is 28.3. The number of aromatic nitrogens is 1. The van der Waals surface area contributed by atoms with Gasteiger partial charge < -0.3 is 14.2 Å². The number of esters is 1. The molecule has 0 amide bonds. The van der Waals surface area contributed by atoms with Gasteiger partial charge in [-0.1, -0.05) is 63.1 Å². The summed E-state index contributed by atoms with van der Waals surface area (Å²) in [6, 6.07) is 17.9. The van der Waals surface area contributed by atoms with Gasteiger partial charge in [0.1, 0.15) is 18.1 Å². The van der Waals surface area contributed by atoms with E-state index in [1.54, 1.807) is 30.6 Å². The second kappa shape index (κ2) is 13.6. The molecule has 0 unspecified atom stereocenters. The third-order valence-electron chi connectivity index (χ3n) is 6.62. The van der Waals surface area contributed by atoms with Gasteiger partial charge in [-0.3, -0.25) is 9.36 Å². The number of hydrogen-bond donors (Lipinski definition) is 0. The van der Waals surface area contributed by atoms with Crippen LogP contribution < -0.4 is 24.4 Å². The van der Waals surface area contributed by atoms with Crippen molar-refractivity contribution in [2.45, 2.75) is 33.4 Å². The van der Waals surface area contributed by atoms with Crippen LogP contribution in [0.3, 0.4) is 0 Å². The van der Waals surface area contributed by atoms with Crippen molar-refractivity contribution in [3.05, 3.63) is 122 Å². The highest BCUT2D eigenvalue weighted by molar-refractivity contribution is 9.11. The average molecular weight is 747 g/mol. The van der Waals surface area contributed by atoms with Gasteiger partial charge in [0, 0.05) is 15.1 Å². The standard InChI is InChI=1S/C32H27Br2ClN2O5S/c1-4-40-24-11-9-20(10-12-24)28-27(31(39)41-5-2)18(3)36-32-37(28)30(38)26(43-32)15-21-14-22(33)16-25(34)29(21)42-17-19-7-6-8-23(35)13-19/h6-16,28H,4-5,17H2,1-3H3/b26-15-/t28-/m0/s1. The molecule has 0 spiro atoms. The molecule has 4 aromatic rings. The van der Waals surface area contributed by atoms with Gasteiger partial charge in [0.2, 0.25) is 0 Å². The number of thiazole rings is 1. The van der Waals surface area contributed by atoms with Crippen molar-refractivity contribution < 1.29 is 19.0 Å². The van der Waals surface area contributed by atoms with E-state index >= 15 is 0 Å². The van der Waals surface area contributed by atoms with Gasteiger partial charge >= 0.3 is 5.97 Å². The number of carbonyl (C=O) groups is 1. The maximum absolute atomic E-state index is 14.1. The van der Waals surface area contributed by atoms with E-state index in [-0.39, 0.29) is 18.8 Å². The second-order valence-electron chi connectivity index (χ2n) is 9.53. The lowest BCUT2D eigenvalue weighted by atomic mass is 9.96. The second-order valence-corrected chi connectivity index (χ2v) is 12.7. The first-order chi connectivity index (χ1) is 20.7. The average Bonchev–Trinajstić information content (AvgIpc) is 3.26. The van der Waals surface area contributed by atoms with E-state index in [0.29, 0.717) is 49.3 Å². The van der Waals surface area contributed by atoms with Gasteiger partial charge in [0.15, 0.2) is 4.80 Å². The van der Waals surface area contributed by atoms with Crippen molar-refractivity contribution in [2.75, 3.05) is 13.2 Å². The zero-order chi connectivity index (χ0) is 30.7. The van der Waals surface area contributed by atoms with Gasteiger partial charge in [-0.25, -0.2) is 9.79 Å². The van der Waals surface area contributed by atoms with Crippen LogP contribution in [0.2, 0.25) is 5.02 Å². The number of ether oxygens (including phenoxy) is 3. The summed E-state index contributed by atoms with van der Waals surface area (Å²) in [6.07, 6.45) is 1.78. The van der Waals surface area contributed by atoms with E-state index in [9.17, 15) is 9.59 Å².